The minimum Gasteiger partial charge on any atom is -0.461 e. The summed E-state index contributed by atoms with van der Waals surface area (Å²) >= 11 is 0. The van der Waals surface area contributed by atoms with Gasteiger partial charge in [-0.05, 0) is 18.4 Å². The van der Waals surface area contributed by atoms with Gasteiger partial charge >= 0.3 is 5.97 Å². The molecule has 0 bridgehead atoms. The minimum absolute atomic E-state index is 0.0794. The number of ether oxygens (including phenoxy) is 1. The summed E-state index contributed by atoms with van der Waals surface area (Å²) in [6.45, 7) is 1.02. The number of amides is 1. The quantitative estimate of drug-likeness (QED) is 0.777. The first-order chi connectivity index (χ1) is 9.25. The number of hydrogen-bond acceptors (Lipinski definition) is 3. The van der Waals surface area contributed by atoms with E-state index < -0.39 is 0 Å². The number of carbonyl (C=O) groups is 2. The molecular formula is C15H17NO3. The fourth-order valence-corrected chi connectivity index (χ4v) is 3.05. The van der Waals surface area contributed by atoms with Gasteiger partial charge in [0.1, 0.15) is 6.61 Å². The second-order valence-electron chi connectivity index (χ2n) is 5.18. The zero-order chi connectivity index (χ0) is 13.2. The van der Waals surface area contributed by atoms with E-state index in [0.717, 1.165) is 18.4 Å². The van der Waals surface area contributed by atoms with Crippen molar-refractivity contribution >= 4 is 11.9 Å². The Hall–Kier alpha value is -1.84. The molecule has 0 unspecified atom stereocenters. The molecule has 2 aliphatic heterocycles. The Kier molecular flexibility index (Phi) is 3.23. The summed E-state index contributed by atoms with van der Waals surface area (Å²) in [6, 6.07) is 9.74. The maximum absolute atomic E-state index is 12.1. The standard InChI is InChI=1S/C15H17NO3/c17-14-7-6-13-12(8-9-16(13)14)15(18)19-10-11-4-2-1-3-5-11/h1-5,12-13H,6-10H2/t12-,13+/m0/s1. The topological polar surface area (TPSA) is 46.6 Å². The van der Waals surface area contributed by atoms with Gasteiger partial charge in [0.15, 0.2) is 0 Å². The summed E-state index contributed by atoms with van der Waals surface area (Å²) in [6.07, 6.45) is 2.11. The first-order valence-corrected chi connectivity index (χ1v) is 6.76. The monoisotopic (exact) mass is 259 g/mol. The molecule has 4 heteroatoms. The number of nitrogens with zero attached hydrogens (tertiary/aromatic N) is 1. The van der Waals surface area contributed by atoms with E-state index in [1.165, 1.54) is 0 Å². The molecule has 1 aromatic rings. The molecule has 4 nitrogen and oxygen atoms in total. The van der Waals surface area contributed by atoms with Gasteiger partial charge in [-0.3, -0.25) is 9.59 Å². The van der Waals surface area contributed by atoms with Crippen molar-refractivity contribution < 1.29 is 14.3 Å². The molecule has 2 heterocycles. The number of rotatable bonds is 3. The minimum atomic E-state index is -0.161. The normalized spacial score (nSPS) is 25.5. The second kappa shape index (κ2) is 5.03. The number of benzene rings is 1. The first-order valence-electron chi connectivity index (χ1n) is 6.76. The van der Waals surface area contributed by atoms with Gasteiger partial charge in [-0.25, -0.2) is 0 Å². The van der Waals surface area contributed by atoms with Crippen molar-refractivity contribution in [2.24, 2.45) is 5.92 Å². The molecule has 0 saturated carbocycles. The van der Waals surface area contributed by atoms with Crippen LogP contribution in [0, 0.1) is 5.92 Å². The summed E-state index contributed by atoms with van der Waals surface area (Å²) in [5.74, 6) is -0.107. The Labute approximate surface area is 112 Å². The highest BCUT2D eigenvalue weighted by Gasteiger charge is 2.45. The van der Waals surface area contributed by atoms with Crippen molar-refractivity contribution in [1.82, 2.24) is 4.90 Å². The summed E-state index contributed by atoms with van der Waals surface area (Å²) < 4.78 is 5.38. The van der Waals surface area contributed by atoms with E-state index in [2.05, 4.69) is 0 Å². The van der Waals surface area contributed by atoms with Crippen LogP contribution in [0.3, 0.4) is 0 Å². The van der Waals surface area contributed by atoms with Crippen LogP contribution in [0.5, 0.6) is 0 Å². The molecule has 2 aliphatic rings. The van der Waals surface area contributed by atoms with E-state index in [0.29, 0.717) is 19.6 Å². The van der Waals surface area contributed by atoms with Gasteiger partial charge < -0.3 is 9.64 Å². The predicted octanol–water partition coefficient (Wildman–Crippen LogP) is 1.74. The maximum atomic E-state index is 12.1. The molecule has 1 amide bonds. The lowest BCUT2D eigenvalue weighted by molar-refractivity contribution is -0.150. The van der Waals surface area contributed by atoms with Crippen LogP contribution in [0.4, 0.5) is 0 Å². The zero-order valence-electron chi connectivity index (χ0n) is 10.7. The third kappa shape index (κ3) is 2.35. The highest BCUT2D eigenvalue weighted by molar-refractivity contribution is 5.82. The highest BCUT2D eigenvalue weighted by Crippen LogP contribution is 2.34. The molecule has 3 rings (SSSR count). The third-order valence-electron chi connectivity index (χ3n) is 4.05. The third-order valence-corrected chi connectivity index (χ3v) is 4.05. The number of carbonyl (C=O) groups excluding carboxylic acids is 2. The van der Waals surface area contributed by atoms with Crippen LogP contribution >= 0.6 is 0 Å². The molecule has 0 aliphatic carbocycles. The summed E-state index contributed by atoms with van der Waals surface area (Å²) in [5.41, 5.74) is 0.994. The van der Waals surface area contributed by atoms with Crippen LogP contribution in [0.15, 0.2) is 30.3 Å². The Balaban J connectivity index is 1.58. The lowest BCUT2D eigenvalue weighted by atomic mass is 9.99. The highest BCUT2D eigenvalue weighted by atomic mass is 16.5. The molecule has 2 atom stereocenters. The molecule has 19 heavy (non-hydrogen) atoms. The Morgan fingerprint density at radius 3 is 2.84 bits per heavy atom. The first kappa shape index (κ1) is 12.2. The smallest absolute Gasteiger partial charge is 0.311 e. The number of esters is 1. The van der Waals surface area contributed by atoms with Gasteiger partial charge in [0.05, 0.1) is 5.92 Å². The predicted molar refractivity (Wildman–Crippen MR) is 69.1 cm³/mol. The fourth-order valence-electron chi connectivity index (χ4n) is 3.05. The van der Waals surface area contributed by atoms with Gasteiger partial charge in [0, 0.05) is 19.0 Å². The average molecular weight is 259 g/mol. The molecular weight excluding hydrogens is 242 g/mol. The zero-order valence-corrected chi connectivity index (χ0v) is 10.7. The van der Waals surface area contributed by atoms with E-state index in [-0.39, 0.29) is 23.8 Å². The molecule has 1 aromatic carbocycles. The van der Waals surface area contributed by atoms with Gasteiger partial charge in [0.25, 0.3) is 0 Å². The number of fused-ring (bicyclic) bond motifs is 1. The Morgan fingerprint density at radius 2 is 2.05 bits per heavy atom. The summed E-state index contributed by atoms with van der Waals surface area (Å²) in [5, 5.41) is 0. The van der Waals surface area contributed by atoms with Crippen molar-refractivity contribution in [2.75, 3.05) is 6.54 Å². The second-order valence-corrected chi connectivity index (χ2v) is 5.18. The van der Waals surface area contributed by atoms with E-state index in [9.17, 15) is 9.59 Å². The van der Waals surface area contributed by atoms with Crippen LogP contribution < -0.4 is 0 Å². The van der Waals surface area contributed by atoms with Crippen LogP contribution in [0.25, 0.3) is 0 Å². The summed E-state index contributed by atoms with van der Waals surface area (Å²) in [4.78, 5) is 25.5. The molecule has 0 aromatic heterocycles. The van der Waals surface area contributed by atoms with Crippen LogP contribution in [0.1, 0.15) is 24.8 Å². The summed E-state index contributed by atoms with van der Waals surface area (Å²) in [7, 11) is 0. The van der Waals surface area contributed by atoms with Crippen molar-refractivity contribution in [3.05, 3.63) is 35.9 Å². The van der Waals surface area contributed by atoms with Crippen LogP contribution in [-0.4, -0.2) is 29.4 Å². The van der Waals surface area contributed by atoms with Crippen molar-refractivity contribution in [2.45, 2.75) is 31.9 Å². The van der Waals surface area contributed by atoms with Gasteiger partial charge in [-0.1, -0.05) is 30.3 Å². The lowest BCUT2D eigenvalue weighted by Gasteiger charge is -2.19. The van der Waals surface area contributed by atoms with Crippen LogP contribution in [0.2, 0.25) is 0 Å². The molecule has 2 saturated heterocycles. The molecule has 2 fully saturated rings. The van der Waals surface area contributed by atoms with Crippen molar-refractivity contribution in [1.29, 1.82) is 0 Å². The van der Waals surface area contributed by atoms with Gasteiger partial charge in [-0.2, -0.15) is 0 Å². The van der Waals surface area contributed by atoms with Gasteiger partial charge in [-0.15, -0.1) is 0 Å². The van der Waals surface area contributed by atoms with E-state index in [1.807, 2.05) is 35.2 Å². The SMILES string of the molecule is O=C(OCc1ccccc1)[C@H]1CCN2C(=O)CC[C@H]12. The van der Waals surface area contributed by atoms with E-state index in [1.54, 1.807) is 0 Å². The van der Waals surface area contributed by atoms with E-state index >= 15 is 0 Å². The molecule has 100 valence electrons. The van der Waals surface area contributed by atoms with Crippen molar-refractivity contribution in [3.8, 4) is 0 Å². The van der Waals surface area contributed by atoms with Gasteiger partial charge in [0.2, 0.25) is 5.91 Å². The Morgan fingerprint density at radius 1 is 1.26 bits per heavy atom. The average Bonchev–Trinajstić information content (AvgIpc) is 3.01. The van der Waals surface area contributed by atoms with Crippen molar-refractivity contribution in [3.63, 3.8) is 0 Å². The molecule has 0 spiro atoms. The maximum Gasteiger partial charge on any atom is 0.311 e. The number of hydrogen-bond donors (Lipinski definition) is 0. The Bertz CT molecular complexity index is 485. The fraction of sp³-hybridized carbons (Fsp3) is 0.467. The molecule has 0 radical (unpaired) electrons. The largest absolute Gasteiger partial charge is 0.461 e. The molecule has 0 N–H and O–H groups in total. The van der Waals surface area contributed by atoms with E-state index in [4.69, 9.17) is 4.74 Å². The van der Waals surface area contributed by atoms with Crippen LogP contribution in [-0.2, 0) is 20.9 Å². The lowest BCUT2D eigenvalue weighted by Crippen LogP contribution is -2.33.